The molecule has 2 aromatic rings. The number of rotatable bonds is 2. The molecule has 0 nitrogen and oxygen atoms in total. The van der Waals surface area contributed by atoms with Crippen LogP contribution < -0.4 is 0 Å². The lowest BCUT2D eigenvalue weighted by Gasteiger charge is -2.17. The van der Waals surface area contributed by atoms with Crippen LogP contribution in [-0.2, 0) is 5.16 Å². The Morgan fingerprint density at radius 1 is 0.750 bits per heavy atom. The van der Waals surface area contributed by atoms with Crippen molar-refractivity contribution < 1.29 is 0 Å². The highest BCUT2D eigenvalue weighted by atomic mass is 31.1. The Morgan fingerprint density at radius 2 is 1.12 bits per heavy atom. The third-order valence-corrected chi connectivity index (χ3v) is 4.83. The van der Waals surface area contributed by atoms with Crippen LogP contribution in [0.4, 0.5) is 0 Å². The van der Waals surface area contributed by atoms with Crippen molar-refractivity contribution in [1.29, 1.82) is 0 Å². The average molecular weight is 224 g/mol. The van der Waals surface area contributed by atoms with Crippen molar-refractivity contribution in [3.63, 3.8) is 0 Å². The zero-order chi connectivity index (χ0) is 11.0. The predicted molar refractivity (Wildman–Crippen MR) is 71.3 cm³/mol. The third kappa shape index (κ3) is 1.34. The Balaban J connectivity index is 2.10. The van der Waals surface area contributed by atoms with Crippen molar-refractivity contribution in [3.8, 4) is 0 Å². The molecule has 0 saturated carbocycles. The summed E-state index contributed by atoms with van der Waals surface area (Å²) < 4.78 is 0. The van der Waals surface area contributed by atoms with Gasteiger partial charge in [-0.05, 0) is 23.3 Å². The molecule has 78 valence electrons. The molecule has 2 aromatic carbocycles. The summed E-state index contributed by atoms with van der Waals surface area (Å²) in [5, 5.41) is 1.73. The summed E-state index contributed by atoms with van der Waals surface area (Å²) in [5.41, 5.74) is 2.83. The van der Waals surface area contributed by atoms with Crippen molar-refractivity contribution in [1.82, 2.24) is 0 Å². The van der Waals surface area contributed by atoms with Gasteiger partial charge in [-0.2, -0.15) is 0 Å². The largest absolute Gasteiger partial charge is 0.0868 e. The summed E-state index contributed by atoms with van der Waals surface area (Å²) in [6.45, 7) is 2.25. The van der Waals surface area contributed by atoms with Crippen LogP contribution in [0.1, 0.15) is 18.1 Å². The van der Waals surface area contributed by atoms with Crippen molar-refractivity contribution >= 4 is 13.5 Å². The second-order valence-electron chi connectivity index (χ2n) is 4.14. The fourth-order valence-corrected chi connectivity index (χ4v) is 3.56. The van der Waals surface area contributed by atoms with E-state index in [1.807, 2.05) is 0 Å². The van der Waals surface area contributed by atoms with Gasteiger partial charge in [0.25, 0.3) is 0 Å². The summed E-state index contributed by atoms with van der Waals surface area (Å²) >= 11 is 0. The Hall–Kier alpha value is -1.39. The van der Waals surface area contributed by atoms with Crippen LogP contribution in [-0.4, -0.2) is 5.29 Å². The minimum absolute atomic E-state index is 0.183. The average Bonchev–Trinajstić information content (AvgIpc) is 3.05. The first kappa shape index (κ1) is 9.81. The maximum absolute atomic E-state index is 2.25. The Labute approximate surface area is 97.8 Å². The normalized spacial score (nSPS) is 17.7. The third-order valence-electron chi connectivity index (χ3n) is 3.19. The minimum atomic E-state index is 0.183. The van der Waals surface area contributed by atoms with Crippen LogP contribution in [0.5, 0.6) is 0 Å². The highest BCUT2D eigenvalue weighted by Crippen LogP contribution is 2.57. The molecule has 1 heteroatoms. The highest BCUT2D eigenvalue weighted by Gasteiger charge is 2.45. The predicted octanol–water partition coefficient (Wildman–Crippen LogP) is 4.08. The lowest BCUT2D eigenvalue weighted by Crippen LogP contribution is -2.15. The van der Waals surface area contributed by atoms with Crippen LogP contribution in [0, 0.1) is 0 Å². The summed E-state index contributed by atoms with van der Waals surface area (Å²) in [7, 11) is 1.45. The van der Waals surface area contributed by atoms with Gasteiger partial charge in [0, 0.05) is 0 Å². The summed E-state index contributed by atoms with van der Waals surface area (Å²) in [6, 6.07) is 21.6. The van der Waals surface area contributed by atoms with Gasteiger partial charge in [0.15, 0.2) is 0 Å². The van der Waals surface area contributed by atoms with E-state index in [9.17, 15) is 0 Å². The van der Waals surface area contributed by atoms with E-state index < -0.39 is 0 Å². The SMILES string of the molecule is CC1=PC1(c1ccccc1)c1ccccc1. The Morgan fingerprint density at radius 3 is 1.44 bits per heavy atom. The molecule has 0 fully saturated rings. The highest BCUT2D eigenvalue weighted by molar-refractivity contribution is 7.56. The van der Waals surface area contributed by atoms with Crippen LogP contribution in [0.3, 0.4) is 0 Å². The first-order valence-electron chi connectivity index (χ1n) is 5.52. The summed E-state index contributed by atoms with van der Waals surface area (Å²) in [5.74, 6) is 0. The second kappa shape index (κ2) is 3.57. The fourth-order valence-electron chi connectivity index (χ4n) is 2.30. The molecule has 0 aliphatic carbocycles. The van der Waals surface area contributed by atoms with Gasteiger partial charge in [-0.25, -0.2) is 0 Å². The molecule has 0 amide bonds. The molecule has 3 rings (SSSR count). The standard InChI is InChI=1S/C15H13P/c1-12-15(16-12,13-8-4-2-5-9-13)14-10-6-3-7-11-14/h2-11H,1H3. The first-order valence-corrected chi connectivity index (χ1v) is 6.41. The molecule has 16 heavy (non-hydrogen) atoms. The zero-order valence-corrected chi connectivity index (χ0v) is 10.1. The van der Waals surface area contributed by atoms with Gasteiger partial charge >= 0.3 is 0 Å². The van der Waals surface area contributed by atoms with Crippen molar-refractivity contribution in [2.45, 2.75) is 12.1 Å². The number of hydrogen-bond donors (Lipinski definition) is 0. The maximum atomic E-state index is 2.25. The van der Waals surface area contributed by atoms with Gasteiger partial charge < -0.3 is 0 Å². The summed E-state index contributed by atoms with van der Waals surface area (Å²) in [4.78, 5) is 0. The van der Waals surface area contributed by atoms with Crippen LogP contribution in [0.25, 0.3) is 0 Å². The van der Waals surface area contributed by atoms with Crippen molar-refractivity contribution in [2.75, 3.05) is 0 Å². The molecule has 1 aliphatic rings. The van der Waals surface area contributed by atoms with E-state index in [-0.39, 0.29) is 5.16 Å². The van der Waals surface area contributed by atoms with Crippen LogP contribution in [0.2, 0.25) is 0 Å². The number of hydrogen-bond acceptors (Lipinski definition) is 0. The lowest BCUT2D eigenvalue weighted by molar-refractivity contribution is 1.04. The lowest BCUT2D eigenvalue weighted by atomic mass is 9.89. The van der Waals surface area contributed by atoms with E-state index in [2.05, 4.69) is 67.6 Å². The Bertz CT molecular complexity index is 486. The topological polar surface area (TPSA) is 0 Å². The molecule has 0 saturated heterocycles. The maximum Gasteiger partial charge on any atom is 0.0868 e. The molecule has 1 heterocycles. The number of benzene rings is 2. The molecule has 0 spiro atoms. The smallest absolute Gasteiger partial charge is 0.0822 e. The van der Waals surface area contributed by atoms with E-state index in [4.69, 9.17) is 0 Å². The van der Waals surface area contributed by atoms with E-state index in [1.54, 1.807) is 5.29 Å². The monoisotopic (exact) mass is 224 g/mol. The zero-order valence-electron chi connectivity index (χ0n) is 9.22. The van der Waals surface area contributed by atoms with E-state index in [1.165, 1.54) is 19.3 Å². The van der Waals surface area contributed by atoms with Crippen molar-refractivity contribution in [2.24, 2.45) is 0 Å². The molecular formula is C15H13P. The molecule has 0 radical (unpaired) electrons. The van der Waals surface area contributed by atoms with Gasteiger partial charge in [-0.1, -0.05) is 68.9 Å². The first-order chi connectivity index (χ1) is 7.84. The van der Waals surface area contributed by atoms with Crippen LogP contribution >= 0.6 is 8.20 Å². The quantitative estimate of drug-likeness (QED) is 0.674. The van der Waals surface area contributed by atoms with Gasteiger partial charge in [0.2, 0.25) is 0 Å². The summed E-state index contributed by atoms with van der Waals surface area (Å²) in [6.07, 6.45) is 0. The molecule has 1 aliphatic heterocycles. The fraction of sp³-hybridized carbons (Fsp3) is 0.133. The van der Waals surface area contributed by atoms with Gasteiger partial charge in [-0.15, -0.1) is 0 Å². The van der Waals surface area contributed by atoms with E-state index in [0.717, 1.165) is 0 Å². The molecule has 0 atom stereocenters. The molecule has 0 bridgehead atoms. The molecule has 0 unspecified atom stereocenters. The van der Waals surface area contributed by atoms with Gasteiger partial charge in [0.1, 0.15) is 0 Å². The Kier molecular flexibility index (Phi) is 2.19. The van der Waals surface area contributed by atoms with Gasteiger partial charge in [0.05, 0.1) is 5.16 Å². The molecular weight excluding hydrogens is 211 g/mol. The van der Waals surface area contributed by atoms with Gasteiger partial charge in [-0.3, -0.25) is 0 Å². The van der Waals surface area contributed by atoms with Crippen molar-refractivity contribution in [3.05, 3.63) is 71.8 Å². The van der Waals surface area contributed by atoms with E-state index in [0.29, 0.717) is 0 Å². The van der Waals surface area contributed by atoms with E-state index >= 15 is 0 Å². The molecule has 0 N–H and O–H groups in total. The van der Waals surface area contributed by atoms with Crippen LogP contribution in [0.15, 0.2) is 60.7 Å². The molecule has 0 aromatic heterocycles. The minimum Gasteiger partial charge on any atom is -0.0822 e. The second-order valence-corrected chi connectivity index (χ2v) is 5.70.